The fraction of sp³-hybridized carbons (Fsp3) is 0.625. The molecule has 7 heteroatoms. The molecule has 0 bridgehead atoms. The summed E-state index contributed by atoms with van der Waals surface area (Å²) in [5, 5.41) is 10.6. The van der Waals surface area contributed by atoms with Crippen LogP contribution in [-0.2, 0) is 12.8 Å². The third-order valence-corrected chi connectivity index (χ3v) is 6.85. The molecule has 2 aromatic heterocycles. The first-order valence-corrected chi connectivity index (χ1v) is 9.92. The van der Waals surface area contributed by atoms with Crippen LogP contribution in [0.4, 0.5) is 0 Å². The third-order valence-electron chi connectivity index (χ3n) is 4.70. The summed E-state index contributed by atoms with van der Waals surface area (Å²) in [6.45, 7) is 3.48. The molecular weight excluding hydrogens is 328 g/mol. The van der Waals surface area contributed by atoms with Crippen LogP contribution < -0.4 is 0 Å². The molecule has 0 N–H and O–H groups in total. The summed E-state index contributed by atoms with van der Waals surface area (Å²) >= 11 is 3.30. The van der Waals surface area contributed by atoms with Gasteiger partial charge in [0.05, 0.1) is 10.7 Å². The third kappa shape index (κ3) is 3.04. The highest BCUT2D eigenvalue weighted by Crippen LogP contribution is 2.35. The highest BCUT2D eigenvalue weighted by atomic mass is 32.1. The van der Waals surface area contributed by atoms with Crippen molar-refractivity contribution in [2.24, 2.45) is 0 Å². The van der Waals surface area contributed by atoms with E-state index >= 15 is 0 Å². The van der Waals surface area contributed by atoms with Crippen molar-refractivity contribution in [3.63, 3.8) is 0 Å². The summed E-state index contributed by atoms with van der Waals surface area (Å²) in [6, 6.07) is 0. The highest BCUT2D eigenvalue weighted by molar-refractivity contribution is 7.13. The molecule has 0 spiro atoms. The second-order valence-electron chi connectivity index (χ2n) is 6.32. The number of hydrogen-bond donors (Lipinski definition) is 0. The largest absolute Gasteiger partial charge is 0.336 e. The molecule has 0 atom stereocenters. The molecule has 2 aromatic rings. The Morgan fingerprint density at radius 1 is 1.13 bits per heavy atom. The molecule has 2 aliphatic rings. The number of carbonyl (C=O) groups is 1. The van der Waals surface area contributed by atoms with E-state index in [-0.39, 0.29) is 5.91 Å². The van der Waals surface area contributed by atoms with Crippen LogP contribution in [0.25, 0.3) is 0 Å². The number of aromatic nitrogens is 3. The normalized spacial score (nSPS) is 18.9. The Morgan fingerprint density at radius 2 is 1.91 bits per heavy atom. The minimum absolute atomic E-state index is 0.0347. The highest BCUT2D eigenvalue weighted by Gasteiger charge is 2.29. The van der Waals surface area contributed by atoms with Crippen molar-refractivity contribution >= 4 is 28.6 Å². The number of carbonyl (C=O) groups excluding carboxylic acids is 1. The molecule has 5 nitrogen and oxygen atoms in total. The summed E-state index contributed by atoms with van der Waals surface area (Å²) < 4.78 is 0. The van der Waals surface area contributed by atoms with Gasteiger partial charge < -0.3 is 4.90 Å². The zero-order valence-corrected chi connectivity index (χ0v) is 14.9. The lowest BCUT2D eigenvalue weighted by Crippen LogP contribution is -2.37. The van der Waals surface area contributed by atoms with Crippen LogP contribution in [-0.4, -0.2) is 39.1 Å². The van der Waals surface area contributed by atoms with Crippen LogP contribution in [0.3, 0.4) is 0 Å². The van der Waals surface area contributed by atoms with Gasteiger partial charge in [0.25, 0.3) is 5.91 Å². The smallest absolute Gasteiger partial charge is 0.284 e. The van der Waals surface area contributed by atoms with E-state index in [9.17, 15) is 4.79 Å². The van der Waals surface area contributed by atoms with E-state index in [2.05, 4.69) is 10.2 Å². The predicted octanol–water partition coefficient (Wildman–Crippen LogP) is 3.20. The Kier molecular flexibility index (Phi) is 4.15. The molecule has 0 unspecified atom stereocenters. The molecule has 1 fully saturated rings. The zero-order valence-electron chi connectivity index (χ0n) is 13.2. The molecule has 0 aromatic carbocycles. The molecule has 1 aliphatic heterocycles. The van der Waals surface area contributed by atoms with E-state index in [0.29, 0.717) is 10.9 Å². The van der Waals surface area contributed by atoms with Gasteiger partial charge in [0.15, 0.2) is 0 Å². The van der Waals surface area contributed by atoms with E-state index in [0.717, 1.165) is 37.4 Å². The molecular formula is C16H20N4OS2. The van der Waals surface area contributed by atoms with Crippen LogP contribution in [0.15, 0.2) is 0 Å². The predicted molar refractivity (Wildman–Crippen MR) is 91.3 cm³/mol. The van der Waals surface area contributed by atoms with E-state index in [4.69, 9.17) is 4.98 Å². The van der Waals surface area contributed by atoms with Gasteiger partial charge in [-0.25, -0.2) is 4.98 Å². The SMILES string of the molecule is Cc1nnc(C(=O)N2CCC(c3nc4c(s3)CCCC4)CC2)s1. The number of fused-ring (bicyclic) bond motifs is 1. The fourth-order valence-electron chi connectivity index (χ4n) is 3.39. The fourth-order valence-corrected chi connectivity index (χ4v) is 5.38. The molecule has 0 saturated carbocycles. The molecule has 23 heavy (non-hydrogen) atoms. The molecule has 1 aliphatic carbocycles. The number of thiazole rings is 1. The Bertz CT molecular complexity index is 692. The first-order chi connectivity index (χ1) is 11.2. The summed E-state index contributed by atoms with van der Waals surface area (Å²) in [4.78, 5) is 20.8. The van der Waals surface area contributed by atoms with Crippen LogP contribution in [0.5, 0.6) is 0 Å². The number of aryl methyl sites for hydroxylation is 3. The van der Waals surface area contributed by atoms with Crippen molar-refractivity contribution in [3.8, 4) is 0 Å². The van der Waals surface area contributed by atoms with E-state index in [1.807, 2.05) is 23.2 Å². The van der Waals surface area contributed by atoms with Gasteiger partial charge >= 0.3 is 0 Å². The van der Waals surface area contributed by atoms with Gasteiger partial charge in [-0.05, 0) is 45.4 Å². The van der Waals surface area contributed by atoms with Crippen molar-refractivity contribution in [1.29, 1.82) is 0 Å². The van der Waals surface area contributed by atoms with E-state index in [1.54, 1.807) is 0 Å². The number of rotatable bonds is 2. The van der Waals surface area contributed by atoms with Gasteiger partial charge in [-0.1, -0.05) is 11.3 Å². The number of likely N-dealkylation sites (tertiary alicyclic amines) is 1. The second-order valence-corrected chi connectivity index (χ2v) is 8.62. The van der Waals surface area contributed by atoms with Gasteiger partial charge in [0.1, 0.15) is 5.01 Å². The van der Waals surface area contributed by atoms with Gasteiger partial charge in [0.2, 0.25) is 5.01 Å². The van der Waals surface area contributed by atoms with Crippen LogP contribution in [0.1, 0.15) is 62.0 Å². The maximum absolute atomic E-state index is 12.4. The van der Waals surface area contributed by atoms with Crippen molar-refractivity contribution in [2.75, 3.05) is 13.1 Å². The summed E-state index contributed by atoms with van der Waals surface area (Å²) in [5.74, 6) is 0.554. The van der Waals surface area contributed by atoms with Crippen molar-refractivity contribution in [3.05, 3.63) is 25.6 Å². The Labute approximate surface area is 143 Å². The minimum Gasteiger partial charge on any atom is -0.336 e. The number of amides is 1. The van der Waals surface area contributed by atoms with Crippen LogP contribution in [0, 0.1) is 6.92 Å². The average Bonchev–Trinajstić information content (AvgIpc) is 3.20. The van der Waals surface area contributed by atoms with Crippen molar-refractivity contribution in [1.82, 2.24) is 20.1 Å². The lowest BCUT2D eigenvalue weighted by molar-refractivity contribution is 0.0711. The second kappa shape index (κ2) is 6.28. The summed E-state index contributed by atoms with van der Waals surface area (Å²) in [6.07, 6.45) is 6.97. The Balaban J connectivity index is 1.41. The topological polar surface area (TPSA) is 59.0 Å². The summed E-state index contributed by atoms with van der Waals surface area (Å²) in [5.41, 5.74) is 1.35. The van der Waals surface area contributed by atoms with E-state index < -0.39 is 0 Å². The lowest BCUT2D eigenvalue weighted by Gasteiger charge is -2.30. The molecule has 1 amide bonds. The molecule has 1 saturated heterocycles. The molecule has 122 valence electrons. The maximum atomic E-state index is 12.4. The van der Waals surface area contributed by atoms with Crippen molar-refractivity contribution in [2.45, 2.75) is 51.4 Å². The first-order valence-electron chi connectivity index (χ1n) is 8.28. The molecule has 0 radical (unpaired) electrons. The van der Waals surface area contributed by atoms with Crippen LogP contribution >= 0.6 is 22.7 Å². The Hall–Kier alpha value is -1.34. The van der Waals surface area contributed by atoms with Crippen LogP contribution in [0.2, 0.25) is 0 Å². The number of nitrogens with zero attached hydrogens (tertiary/aromatic N) is 4. The minimum atomic E-state index is 0.0347. The van der Waals surface area contributed by atoms with Gasteiger partial charge in [0, 0.05) is 23.9 Å². The van der Waals surface area contributed by atoms with Crippen molar-refractivity contribution < 1.29 is 4.79 Å². The maximum Gasteiger partial charge on any atom is 0.284 e. The molecule has 4 rings (SSSR count). The molecule has 3 heterocycles. The van der Waals surface area contributed by atoms with Gasteiger partial charge in [-0.15, -0.1) is 21.5 Å². The van der Waals surface area contributed by atoms with Gasteiger partial charge in [-0.3, -0.25) is 4.79 Å². The number of piperidine rings is 1. The first kappa shape index (κ1) is 15.2. The lowest BCUT2D eigenvalue weighted by atomic mass is 9.97. The zero-order chi connectivity index (χ0) is 15.8. The van der Waals surface area contributed by atoms with E-state index in [1.165, 1.54) is 46.2 Å². The van der Waals surface area contributed by atoms with Gasteiger partial charge in [-0.2, -0.15) is 0 Å². The number of hydrogen-bond acceptors (Lipinski definition) is 6. The summed E-state index contributed by atoms with van der Waals surface area (Å²) in [7, 11) is 0. The quantitative estimate of drug-likeness (QED) is 0.836. The average molecular weight is 348 g/mol. The standard InChI is InChI=1S/C16H20N4OS2/c1-10-18-19-15(22-10)16(21)20-8-6-11(7-9-20)14-17-12-4-2-3-5-13(12)23-14/h11H,2-9H2,1H3. The Morgan fingerprint density at radius 3 is 2.61 bits per heavy atom. The monoisotopic (exact) mass is 348 g/mol.